The Morgan fingerprint density at radius 1 is 0.750 bits per heavy atom. The fourth-order valence-corrected chi connectivity index (χ4v) is 5.40. The van der Waals surface area contributed by atoms with Crippen molar-refractivity contribution in [2.45, 2.75) is 154 Å². The van der Waals surface area contributed by atoms with E-state index in [1.807, 2.05) is 0 Å². The zero-order chi connectivity index (χ0) is 35.6. The number of amides is 4. The predicted octanol–water partition coefficient (Wildman–Crippen LogP) is 3.01. The third-order valence-corrected chi connectivity index (χ3v) is 8.23. The van der Waals surface area contributed by atoms with Crippen LogP contribution in [0.25, 0.3) is 0 Å². The maximum Gasteiger partial charge on any atom is 0.243 e. The van der Waals surface area contributed by atoms with Crippen LogP contribution in [0.3, 0.4) is 0 Å². The molecule has 0 unspecified atom stereocenters. The Bertz CT molecular complexity index is 1100. The van der Waals surface area contributed by atoms with Gasteiger partial charge in [0.05, 0.1) is 18.1 Å². The number of hydrogen-bond acceptors (Lipinski definition) is 7. The first-order valence-electron chi connectivity index (χ1n) is 17.8. The number of aromatic amines is 1. The first-order valence-corrected chi connectivity index (χ1v) is 17.8. The van der Waals surface area contributed by atoms with Gasteiger partial charge in [-0.05, 0) is 32.6 Å². The highest BCUT2D eigenvalue weighted by atomic mass is 16.2. The van der Waals surface area contributed by atoms with Crippen LogP contribution in [0, 0.1) is 5.41 Å². The number of aromatic nitrogens is 2. The van der Waals surface area contributed by atoms with Gasteiger partial charge in [-0.1, -0.05) is 84.0 Å². The maximum atomic E-state index is 13.5. The van der Waals surface area contributed by atoms with Crippen LogP contribution in [0.4, 0.5) is 0 Å². The third-order valence-electron chi connectivity index (χ3n) is 8.23. The summed E-state index contributed by atoms with van der Waals surface area (Å²) in [5.74, 6) is -2.64. The van der Waals surface area contributed by atoms with Crippen molar-refractivity contribution in [1.82, 2.24) is 31.2 Å². The first kappa shape index (κ1) is 42.1. The van der Waals surface area contributed by atoms with Gasteiger partial charge in [-0.2, -0.15) is 0 Å². The molecule has 272 valence electrons. The van der Waals surface area contributed by atoms with Gasteiger partial charge in [0.15, 0.2) is 11.7 Å². The van der Waals surface area contributed by atoms with Gasteiger partial charge in [0.2, 0.25) is 23.6 Å². The third kappa shape index (κ3) is 21.0. The Labute approximate surface area is 286 Å². The van der Waals surface area contributed by atoms with E-state index < -0.39 is 35.8 Å². The monoisotopic (exact) mass is 675 g/mol. The number of rotatable bonds is 29. The van der Waals surface area contributed by atoms with Crippen LogP contribution in [0.15, 0.2) is 12.5 Å². The molecule has 3 atom stereocenters. The number of H-pyrrole nitrogens is 1. The molecule has 0 aliphatic carbocycles. The van der Waals surface area contributed by atoms with E-state index in [0.29, 0.717) is 18.5 Å². The number of carbonyl (C=O) groups excluding carboxylic acids is 5. The maximum absolute atomic E-state index is 13.5. The predicted molar refractivity (Wildman–Crippen MR) is 187 cm³/mol. The molecule has 1 aromatic heterocycles. The average molecular weight is 676 g/mol. The zero-order valence-corrected chi connectivity index (χ0v) is 29.2. The lowest BCUT2D eigenvalue weighted by atomic mass is 10.0. The van der Waals surface area contributed by atoms with E-state index in [9.17, 15) is 24.0 Å². The highest BCUT2D eigenvalue weighted by molar-refractivity contribution is 5.94. The standard InChI is InChI=1S/C34H61N9O5/c1-3-4-5-6-7-8-9-10-11-12-13-14-15-18-31(46)41-29(22-26-23-38-24-40-26)33(48)43-28(17-16-21-39-34(36)37)32(47)42-27(25(2)44)19-20-30(35)45/h23-24,27-29H,3-22H2,1-2H3,(H2,35,45)(H,38,40)(H,41,46)(H,42,47)(H,43,48)(H4,36,37,39)/t27-,28-,29-/m0/s1. The molecule has 0 aromatic carbocycles. The van der Waals surface area contributed by atoms with Crippen molar-refractivity contribution < 1.29 is 24.0 Å². The van der Waals surface area contributed by atoms with E-state index in [1.165, 1.54) is 71.0 Å². The molecule has 1 rings (SSSR count). The molecule has 1 heterocycles. The van der Waals surface area contributed by atoms with E-state index in [2.05, 4.69) is 38.2 Å². The van der Waals surface area contributed by atoms with E-state index in [4.69, 9.17) is 16.9 Å². The van der Waals surface area contributed by atoms with Gasteiger partial charge >= 0.3 is 0 Å². The van der Waals surface area contributed by atoms with Crippen LogP contribution in [0.5, 0.6) is 0 Å². The van der Waals surface area contributed by atoms with Gasteiger partial charge in [-0.3, -0.25) is 29.4 Å². The molecular weight excluding hydrogens is 614 g/mol. The number of nitrogens with two attached hydrogens (primary N) is 2. The second-order valence-electron chi connectivity index (χ2n) is 12.6. The summed E-state index contributed by atoms with van der Waals surface area (Å²) in [5.41, 5.74) is 11.1. The topological polar surface area (TPSA) is 238 Å². The minimum atomic E-state index is -1.07. The number of nitrogens with one attached hydrogen (secondary N) is 6. The van der Waals surface area contributed by atoms with Crippen LogP contribution < -0.4 is 32.7 Å². The Morgan fingerprint density at radius 3 is 1.83 bits per heavy atom. The average Bonchev–Trinajstić information content (AvgIpc) is 3.55. The van der Waals surface area contributed by atoms with Gasteiger partial charge in [0.25, 0.3) is 0 Å². The SMILES string of the molecule is CCCCCCCCCCCCCCCC(=O)N[C@@H](Cc1c[nH]cn1)C(=O)N[C@@H](CCCNC(=N)N)C(=O)N[C@@H](CCC(N)=O)C(C)=O. The fourth-order valence-electron chi connectivity index (χ4n) is 5.40. The van der Waals surface area contributed by atoms with Gasteiger partial charge in [0, 0.05) is 32.0 Å². The number of unbranched alkanes of at least 4 members (excludes halogenated alkanes) is 12. The van der Waals surface area contributed by atoms with Crippen LogP contribution in [-0.4, -0.2) is 70.0 Å². The van der Waals surface area contributed by atoms with Crippen LogP contribution in [0.1, 0.15) is 135 Å². The molecule has 48 heavy (non-hydrogen) atoms. The summed E-state index contributed by atoms with van der Waals surface area (Å²) in [7, 11) is 0. The smallest absolute Gasteiger partial charge is 0.243 e. The number of guanidine groups is 1. The number of carbonyl (C=O) groups is 5. The molecule has 0 saturated heterocycles. The summed E-state index contributed by atoms with van der Waals surface area (Å²) in [6, 6.07) is -3.02. The van der Waals surface area contributed by atoms with Crippen molar-refractivity contribution in [2.24, 2.45) is 11.5 Å². The first-order chi connectivity index (χ1) is 23.0. The highest BCUT2D eigenvalue weighted by Crippen LogP contribution is 2.13. The zero-order valence-electron chi connectivity index (χ0n) is 29.2. The van der Waals surface area contributed by atoms with Crippen LogP contribution >= 0.6 is 0 Å². The fraction of sp³-hybridized carbons (Fsp3) is 0.735. The Balaban J connectivity index is 2.70. The summed E-state index contributed by atoms with van der Waals surface area (Å²) < 4.78 is 0. The number of primary amides is 1. The molecule has 14 nitrogen and oxygen atoms in total. The molecule has 14 heteroatoms. The lowest BCUT2D eigenvalue weighted by molar-refractivity contribution is -0.133. The molecule has 0 bridgehead atoms. The summed E-state index contributed by atoms with van der Waals surface area (Å²) in [5, 5.41) is 18.2. The van der Waals surface area contributed by atoms with E-state index in [0.717, 1.165) is 19.3 Å². The lowest BCUT2D eigenvalue weighted by Crippen LogP contribution is -2.56. The summed E-state index contributed by atoms with van der Waals surface area (Å²) in [4.78, 5) is 70.2. The van der Waals surface area contributed by atoms with Crippen molar-refractivity contribution in [3.8, 4) is 0 Å². The Morgan fingerprint density at radius 2 is 1.31 bits per heavy atom. The molecule has 0 spiro atoms. The summed E-state index contributed by atoms with van der Waals surface area (Å²) in [6.45, 7) is 3.81. The van der Waals surface area contributed by atoms with Crippen molar-refractivity contribution in [3.05, 3.63) is 18.2 Å². The molecule has 0 aliphatic heterocycles. The minimum Gasteiger partial charge on any atom is -0.370 e. The molecule has 0 aliphatic rings. The largest absolute Gasteiger partial charge is 0.370 e. The Kier molecular flexibility index (Phi) is 22.8. The molecule has 0 saturated carbocycles. The number of imidazole rings is 1. The van der Waals surface area contributed by atoms with Gasteiger partial charge < -0.3 is 37.7 Å². The van der Waals surface area contributed by atoms with Crippen LogP contribution in [0.2, 0.25) is 0 Å². The highest BCUT2D eigenvalue weighted by Gasteiger charge is 2.29. The van der Waals surface area contributed by atoms with E-state index in [1.54, 1.807) is 6.20 Å². The van der Waals surface area contributed by atoms with Crippen molar-refractivity contribution >= 4 is 35.4 Å². The normalized spacial score (nSPS) is 12.8. The molecule has 1 aromatic rings. The van der Waals surface area contributed by atoms with Crippen molar-refractivity contribution in [3.63, 3.8) is 0 Å². The number of ketones is 1. The van der Waals surface area contributed by atoms with Crippen LogP contribution in [-0.2, 0) is 30.4 Å². The minimum absolute atomic E-state index is 0.0278. The molecule has 4 amide bonds. The van der Waals surface area contributed by atoms with Gasteiger partial charge in [-0.15, -0.1) is 0 Å². The molecule has 10 N–H and O–H groups in total. The van der Waals surface area contributed by atoms with Crippen molar-refractivity contribution in [2.75, 3.05) is 6.54 Å². The lowest BCUT2D eigenvalue weighted by Gasteiger charge is -2.25. The second kappa shape index (κ2) is 26.0. The molecule has 0 fully saturated rings. The summed E-state index contributed by atoms with van der Waals surface area (Å²) >= 11 is 0. The molecule has 0 radical (unpaired) electrons. The number of Topliss-reactive ketones (excluding diaryl/α,β-unsaturated/α-hetero) is 1. The number of hydrogen-bond donors (Lipinski definition) is 8. The van der Waals surface area contributed by atoms with Gasteiger partial charge in [0.1, 0.15) is 12.1 Å². The van der Waals surface area contributed by atoms with E-state index in [-0.39, 0.29) is 56.3 Å². The van der Waals surface area contributed by atoms with Crippen molar-refractivity contribution in [1.29, 1.82) is 5.41 Å². The second-order valence-corrected chi connectivity index (χ2v) is 12.6. The van der Waals surface area contributed by atoms with Gasteiger partial charge in [-0.25, -0.2) is 4.98 Å². The van der Waals surface area contributed by atoms with E-state index >= 15 is 0 Å². The quantitative estimate of drug-likeness (QED) is 0.0356. The Hall–Kier alpha value is -3.97. The molecular formula is C34H61N9O5. The summed E-state index contributed by atoms with van der Waals surface area (Å²) in [6.07, 6.45) is 19.5. The number of nitrogens with zero attached hydrogens (tertiary/aromatic N) is 1.